The van der Waals surface area contributed by atoms with Gasteiger partial charge in [0.05, 0.1) is 22.0 Å². The summed E-state index contributed by atoms with van der Waals surface area (Å²) < 4.78 is 48.5. The van der Waals surface area contributed by atoms with Gasteiger partial charge in [0, 0.05) is 0 Å². The summed E-state index contributed by atoms with van der Waals surface area (Å²) in [5.41, 5.74) is -0.274. The van der Waals surface area contributed by atoms with Crippen molar-refractivity contribution in [3.8, 4) is 0 Å². The van der Waals surface area contributed by atoms with Crippen LogP contribution < -0.4 is 4.72 Å². The van der Waals surface area contributed by atoms with Crippen molar-refractivity contribution < 1.29 is 27.1 Å². The highest BCUT2D eigenvalue weighted by molar-refractivity contribution is 7.89. The van der Waals surface area contributed by atoms with Gasteiger partial charge >= 0.3 is 5.97 Å². The first-order chi connectivity index (χ1) is 8.24. The topological polar surface area (TPSA) is 83.5 Å². The van der Waals surface area contributed by atoms with Crippen LogP contribution in [0.1, 0.15) is 10.4 Å². The average molecular weight is 300 g/mol. The average Bonchev–Trinajstić information content (AvgIpc) is 2.26. The second kappa shape index (κ2) is 5.59. The van der Waals surface area contributed by atoms with E-state index < -0.39 is 29.0 Å². The summed E-state index contributed by atoms with van der Waals surface area (Å²) in [4.78, 5) is 10.3. The maximum absolute atomic E-state index is 11.9. The van der Waals surface area contributed by atoms with Crippen molar-refractivity contribution in [1.82, 2.24) is 4.72 Å². The van der Waals surface area contributed by atoms with Crippen LogP contribution in [-0.2, 0) is 10.0 Å². The molecule has 0 amide bonds. The summed E-state index contributed by atoms with van der Waals surface area (Å²) in [6, 6.07) is 2.85. The van der Waals surface area contributed by atoms with Crippen molar-refractivity contribution in [2.45, 2.75) is 11.3 Å². The maximum Gasteiger partial charge on any atom is 0.337 e. The molecule has 0 radical (unpaired) electrons. The molecule has 0 saturated carbocycles. The lowest BCUT2D eigenvalue weighted by Gasteiger charge is -2.07. The van der Waals surface area contributed by atoms with Gasteiger partial charge in [0.25, 0.3) is 6.43 Å². The van der Waals surface area contributed by atoms with Gasteiger partial charge in [-0.3, -0.25) is 0 Å². The Morgan fingerprint density at radius 1 is 1.44 bits per heavy atom. The van der Waals surface area contributed by atoms with Crippen molar-refractivity contribution in [3.63, 3.8) is 0 Å². The number of hydrogen-bond acceptors (Lipinski definition) is 3. The molecule has 0 unspecified atom stereocenters. The maximum atomic E-state index is 11.9. The highest BCUT2D eigenvalue weighted by atomic mass is 35.5. The molecule has 0 heterocycles. The van der Waals surface area contributed by atoms with E-state index in [2.05, 4.69) is 0 Å². The largest absolute Gasteiger partial charge is 0.478 e. The van der Waals surface area contributed by atoms with E-state index in [9.17, 15) is 22.0 Å². The third kappa shape index (κ3) is 3.62. The molecule has 100 valence electrons. The molecule has 5 nitrogen and oxygen atoms in total. The van der Waals surface area contributed by atoms with Crippen LogP contribution in [0.2, 0.25) is 5.02 Å². The summed E-state index contributed by atoms with van der Waals surface area (Å²) in [5.74, 6) is -1.32. The fraction of sp³-hybridized carbons (Fsp3) is 0.222. The smallest absolute Gasteiger partial charge is 0.337 e. The first-order valence-electron chi connectivity index (χ1n) is 4.54. The lowest BCUT2D eigenvalue weighted by Crippen LogP contribution is -2.28. The second-order valence-corrected chi connectivity index (χ2v) is 5.36. The molecule has 1 aromatic rings. The number of hydrogen-bond donors (Lipinski definition) is 2. The Balaban J connectivity index is 3.04. The zero-order chi connectivity index (χ0) is 13.9. The molecule has 0 spiro atoms. The highest BCUT2D eigenvalue weighted by Crippen LogP contribution is 2.20. The highest BCUT2D eigenvalue weighted by Gasteiger charge is 2.18. The van der Waals surface area contributed by atoms with E-state index >= 15 is 0 Å². The molecule has 0 bridgehead atoms. The normalized spacial score (nSPS) is 11.8. The Morgan fingerprint density at radius 3 is 2.50 bits per heavy atom. The zero-order valence-electron chi connectivity index (χ0n) is 8.73. The van der Waals surface area contributed by atoms with Crippen LogP contribution in [0, 0.1) is 0 Å². The Hall–Kier alpha value is -1.25. The van der Waals surface area contributed by atoms with Gasteiger partial charge < -0.3 is 5.11 Å². The third-order valence-corrected chi connectivity index (χ3v) is 3.64. The number of carboxylic acids is 1. The Kier molecular flexibility index (Phi) is 4.60. The van der Waals surface area contributed by atoms with Crippen molar-refractivity contribution in [3.05, 3.63) is 28.8 Å². The van der Waals surface area contributed by atoms with E-state index in [4.69, 9.17) is 16.7 Å². The Bertz CT molecular complexity index is 562. The van der Waals surface area contributed by atoms with E-state index in [0.29, 0.717) is 0 Å². The molecule has 1 aromatic carbocycles. The van der Waals surface area contributed by atoms with Gasteiger partial charge in [0.15, 0.2) is 0 Å². The van der Waals surface area contributed by atoms with Gasteiger partial charge in [-0.05, 0) is 18.2 Å². The molecule has 9 heteroatoms. The van der Waals surface area contributed by atoms with Gasteiger partial charge in [-0.25, -0.2) is 26.7 Å². The lowest BCUT2D eigenvalue weighted by molar-refractivity contribution is 0.0697. The van der Waals surface area contributed by atoms with E-state index in [0.717, 1.165) is 18.2 Å². The first-order valence-corrected chi connectivity index (χ1v) is 6.41. The van der Waals surface area contributed by atoms with Crippen LogP contribution in [0.5, 0.6) is 0 Å². The minimum absolute atomic E-state index is 0.274. The van der Waals surface area contributed by atoms with Gasteiger partial charge in [-0.2, -0.15) is 0 Å². The van der Waals surface area contributed by atoms with Crippen LogP contribution in [0.3, 0.4) is 0 Å². The van der Waals surface area contributed by atoms with Gasteiger partial charge in [0.1, 0.15) is 0 Å². The third-order valence-electron chi connectivity index (χ3n) is 1.91. The number of halogens is 3. The van der Waals surface area contributed by atoms with Crippen LogP contribution >= 0.6 is 11.6 Å². The summed E-state index contributed by atoms with van der Waals surface area (Å²) in [6.45, 7) is -1.03. The van der Waals surface area contributed by atoms with Crippen molar-refractivity contribution in [2.75, 3.05) is 6.54 Å². The van der Waals surface area contributed by atoms with Gasteiger partial charge in [-0.1, -0.05) is 11.6 Å². The van der Waals surface area contributed by atoms with Crippen LogP contribution in [-0.4, -0.2) is 32.5 Å². The zero-order valence-corrected chi connectivity index (χ0v) is 10.3. The van der Waals surface area contributed by atoms with Crippen molar-refractivity contribution in [2.24, 2.45) is 0 Å². The van der Waals surface area contributed by atoms with E-state index in [1.54, 1.807) is 4.72 Å². The number of nitrogens with one attached hydrogen (secondary N) is 1. The molecule has 1 rings (SSSR count). The summed E-state index contributed by atoms with van der Waals surface area (Å²) in [5, 5.41) is 8.40. The standard InChI is InChI=1S/C9H8ClF2NO4S/c10-7-3-5(1-2-6(7)9(14)15)18(16,17)13-4-8(11)12/h1-3,8,13H,4H2,(H,14,15). The molecule has 0 fully saturated rings. The summed E-state index contributed by atoms with van der Waals surface area (Å²) in [6.07, 6.45) is -2.83. The van der Waals surface area contributed by atoms with Crippen molar-refractivity contribution in [1.29, 1.82) is 0 Å². The second-order valence-electron chi connectivity index (χ2n) is 3.19. The van der Waals surface area contributed by atoms with Crippen LogP contribution in [0.15, 0.2) is 23.1 Å². The molecule has 0 atom stereocenters. The van der Waals surface area contributed by atoms with Crippen LogP contribution in [0.4, 0.5) is 8.78 Å². The lowest BCUT2D eigenvalue weighted by atomic mass is 10.2. The summed E-state index contributed by atoms with van der Waals surface area (Å²) >= 11 is 5.57. The van der Waals surface area contributed by atoms with Crippen molar-refractivity contribution >= 4 is 27.6 Å². The molecular weight excluding hydrogens is 292 g/mol. The van der Waals surface area contributed by atoms with Gasteiger partial charge in [0.2, 0.25) is 10.0 Å². The minimum atomic E-state index is -4.13. The molecule has 0 saturated heterocycles. The SMILES string of the molecule is O=C(O)c1ccc(S(=O)(=O)NCC(F)F)cc1Cl. The fourth-order valence-electron chi connectivity index (χ4n) is 1.09. The predicted molar refractivity (Wildman–Crippen MR) is 59.6 cm³/mol. The molecule has 2 N–H and O–H groups in total. The molecule has 18 heavy (non-hydrogen) atoms. The van der Waals surface area contributed by atoms with Crippen LogP contribution in [0.25, 0.3) is 0 Å². The summed E-state index contributed by atoms with van der Waals surface area (Å²) in [7, 11) is -4.13. The van der Waals surface area contributed by atoms with Gasteiger partial charge in [-0.15, -0.1) is 0 Å². The number of alkyl halides is 2. The number of rotatable bonds is 5. The monoisotopic (exact) mass is 299 g/mol. The molecule has 0 aliphatic heterocycles. The first kappa shape index (κ1) is 14.8. The number of carboxylic acid groups (broad SMARTS) is 1. The minimum Gasteiger partial charge on any atom is -0.478 e. The quantitative estimate of drug-likeness (QED) is 0.864. The molecular formula is C9H8ClF2NO4S. The molecule has 0 aromatic heterocycles. The Morgan fingerprint density at radius 2 is 2.06 bits per heavy atom. The number of sulfonamides is 1. The Labute approximate surface area is 106 Å². The number of carbonyl (C=O) groups is 1. The number of benzene rings is 1. The predicted octanol–water partition coefficient (Wildman–Crippen LogP) is 1.58. The molecule has 0 aliphatic rings. The van der Waals surface area contributed by atoms with E-state index in [1.807, 2.05) is 0 Å². The molecule has 0 aliphatic carbocycles. The van der Waals surface area contributed by atoms with E-state index in [1.165, 1.54) is 0 Å². The number of aromatic carboxylic acids is 1. The fourth-order valence-corrected chi connectivity index (χ4v) is 2.45. The van der Waals surface area contributed by atoms with E-state index in [-0.39, 0.29) is 15.5 Å².